The van der Waals surface area contributed by atoms with Gasteiger partial charge < -0.3 is 10.2 Å². The summed E-state index contributed by atoms with van der Waals surface area (Å²) >= 11 is 3.84. The summed E-state index contributed by atoms with van der Waals surface area (Å²) in [5, 5.41) is 18.5. The molecule has 0 aliphatic heterocycles. The maximum absolute atomic E-state index is 9.37. The number of nitrogens with zero attached hydrogens (tertiary/aromatic N) is 2. The van der Waals surface area contributed by atoms with Crippen LogP contribution in [0.15, 0.2) is 18.5 Å². The van der Waals surface area contributed by atoms with Crippen molar-refractivity contribution >= 4 is 12.6 Å². The second-order valence-corrected chi connectivity index (χ2v) is 2.67. The largest absolute Gasteiger partial charge is 0.389 e. The van der Waals surface area contributed by atoms with Crippen molar-refractivity contribution in [2.24, 2.45) is 0 Å². The first kappa shape index (κ1) is 9.44. The maximum Gasteiger partial charge on any atom is 0.159 e. The minimum Gasteiger partial charge on any atom is -0.389 e. The van der Waals surface area contributed by atoms with E-state index in [-0.39, 0.29) is 11.6 Å². The highest BCUT2D eigenvalue weighted by atomic mass is 32.1. The molecule has 4 nitrogen and oxygen atoms in total. The van der Waals surface area contributed by atoms with E-state index in [1.165, 1.54) is 12.4 Å². The third-order valence-corrected chi connectivity index (χ3v) is 1.78. The molecule has 1 heterocycles. The Labute approximate surface area is 75.7 Å². The first-order chi connectivity index (χ1) is 5.75. The highest BCUT2D eigenvalue weighted by molar-refractivity contribution is 7.80. The molecule has 0 aromatic carbocycles. The van der Waals surface area contributed by atoms with Gasteiger partial charge in [0.25, 0.3) is 0 Å². The van der Waals surface area contributed by atoms with Crippen LogP contribution >= 0.6 is 12.6 Å². The SMILES string of the molecule is OC(CS)C(O)c1ncccn1. The lowest BCUT2D eigenvalue weighted by atomic mass is 10.2. The van der Waals surface area contributed by atoms with E-state index in [1.807, 2.05) is 0 Å². The standard InChI is InChI=1S/C7H10N2O2S/c10-5(4-12)6(11)7-8-2-1-3-9-7/h1-3,5-6,10-12H,4H2. The summed E-state index contributed by atoms with van der Waals surface area (Å²) in [6.07, 6.45) is 1.05. The molecule has 66 valence electrons. The van der Waals surface area contributed by atoms with E-state index in [9.17, 15) is 10.2 Å². The highest BCUT2D eigenvalue weighted by Gasteiger charge is 2.18. The summed E-state index contributed by atoms with van der Waals surface area (Å²) < 4.78 is 0. The van der Waals surface area contributed by atoms with Crippen molar-refractivity contribution in [2.45, 2.75) is 12.2 Å². The van der Waals surface area contributed by atoms with E-state index in [0.717, 1.165) is 0 Å². The summed E-state index contributed by atoms with van der Waals surface area (Å²) in [6, 6.07) is 1.64. The van der Waals surface area contributed by atoms with Gasteiger partial charge in [-0.15, -0.1) is 0 Å². The van der Waals surface area contributed by atoms with Crippen LogP contribution in [0.1, 0.15) is 11.9 Å². The molecule has 1 rings (SSSR count). The summed E-state index contributed by atoms with van der Waals surface area (Å²) in [4.78, 5) is 7.59. The van der Waals surface area contributed by atoms with Crippen LogP contribution in [0, 0.1) is 0 Å². The summed E-state index contributed by atoms with van der Waals surface area (Å²) in [6.45, 7) is 0. The van der Waals surface area contributed by atoms with E-state index in [2.05, 4.69) is 22.6 Å². The molecule has 2 atom stereocenters. The Morgan fingerprint density at radius 3 is 2.42 bits per heavy atom. The molecule has 5 heteroatoms. The fraction of sp³-hybridized carbons (Fsp3) is 0.429. The molecule has 1 aromatic rings. The highest BCUT2D eigenvalue weighted by Crippen LogP contribution is 2.11. The maximum atomic E-state index is 9.37. The summed E-state index contributed by atoms with van der Waals surface area (Å²) in [5.74, 6) is 0.401. The molecule has 0 spiro atoms. The number of rotatable bonds is 3. The predicted octanol–water partition coefficient (Wildman–Crippen LogP) is -0.199. The van der Waals surface area contributed by atoms with E-state index in [1.54, 1.807) is 6.07 Å². The fourth-order valence-electron chi connectivity index (χ4n) is 0.735. The molecule has 0 aliphatic rings. The van der Waals surface area contributed by atoms with Gasteiger partial charge in [-0.05, 0) is 6.07 Å². The molecule has 2 unspecified atom stereocenters. The molecule has 0 saturated carbocycles. The van der Waals surface area contributed by atoms with Crippen LogP contribution < -0.4 is 0 Å². The van der Waals surface area contributed by atoms with Crippen LogP contribution in [0.25, 0.3) is 0 Å². The first-order valence-electron chi connectivity index (χ1n) is 3.49. The third-order valence-electron chi connectivity index (χ3n) is 1.40. The van der Waals surface area contributed by atoms with Crippen molar-refractivity contribution in [3.8, 4) is 0 Å². The number of hydrogen-bond donors (Lipinski definition) is 3. The Morgan fingerprint density at radius 1 is 1.33 bits per heavy atom. The molecule has 0 bridgehead atoms. The Balaban J connectivity index is 2.71. The zero-order valence-corrected chi connectivity index (χ0v) is 7.22. The molecule has 0 aliphatic carbocycles. The van der Waals surface area contributed by atoms with Gasteiger partial charge in [-0.25, -0.2) is 9.97 Å². The lowest BCUT2D eigenvalue weighted by Crippen LogP contribution is -2.21. The zero-order valence-electron chi connectivity index (χ0n) is 6.33. The minimum absolute atomic E-state index is 0.180. The molecule has 0 saturated heterocycles. The van der Waals surface area contributed by atoms with Crippen molar-refractivity contribution in [1.29, 1.82) is 0 Å². The molecular formula is C7H10N2O2S. The van der Waals surface area contributed by atoms with Crippen LogP contribution in [0.4, 0.5) is 0 Å². The van der Waals surface area contributed by atoms with E-state index in [0.29, 0.717) is 0 Å². The van der Waals surface area contributed by atoms with Crippen LogP contribution in [0.2, 0.25) is 0 Å². The number of thiol groups is 1. The fourth-order valence-corrected chi connectivity index (χ4v) is 0.935. The van der Waals surface area contributed by atoms with Gasteiger partial charge in [0.15, 0.2) is 5.82 Å². The summed E-state index contributed by atoms with van der Waals surface area (Å²) in [5.41, 5.74) is 0. The molecule has 2 N–H and O–H groups in total. The van der Waals surface area contributed by atoms with Crippen LogP contribution in [0.3, 0.4) is 0 Å². The van der Waals surface area contributed by atoms with E-state index < -0.39 is 12.2 Å². The number of hydrogen-bond acceptors (Lipinski definition) is 5. The number of aromatic nitrogens is 2. The molecule has 12 heavy (non-hydrogen) atoms. The molecule has 0 radical (unpaired) electrons. The molecule has 0 amide bonds. The van der Waals surface area contributed by atoms with Gasteiger partial charge in [0, 0.05) is 18.1 Å². The number of aliphatic hydroxyl groups is 2. The molecule has 0 fully saturated rings. The normalized spacial score (nSPS) is 15.6. The number of aliphatic hydroxyl groups excluding tert-OH is 2. The van der Waals surface area contributed by atoms with Crippen LogP contribution in [-0.4, -0.2) is 32.0 Å². The Hall–Kier alpha value is -0.650. The van der Waals surface area contributed by atoms with Crippen molar-refractivity contribution in [1.82, 2.24) is 9.97 Å². The smallest absolute Gasteiger partial charge is 0.159 e. The van der Waals surface area contributed by atoms with Crippen LogP contribution in [0.5, 0.6) is 0 Å². The topological polar surface area (TPSA) is 66.2 Å². The lowest BCUT2D eigenvalue weighted by molar-refractivity contribution is 0.0280. The Kier molecular flexibility index (Phi) is 3.46. The Morgan fingerprint density at radius 2 is 1.92 bits per heavy atom. The Bertz CT molecular complexity index is 232. The van der Waals surface area contributed by atoms with Gasteiger partial charge in [0.1, 0.15) is 6.10 Å². The van der Waals surface area contributed by atoms with Gasteiger partial charge in [-0.2, -0.15) is 12.6 Å². The van der Waals surface area contributed by atoms with Gasteiger partial charge >= 0.3 is 0 Å². The third kappa shape index (κ3) is 2.17. The van der Waals surface area contributed by atoms with Crippen molar-refractivity contribution < 1.29 is 10.2 Å². The van der Waals surface area contributed by atoms with Crippen molar-refractivity contribution in [2.75, 3.05) is 5.75 Å². The summed E-state index contributed by atoms with van der Waals surface area (Å²) in [7, 11) is 0. The quantitative estimate of drug-likeness (QED) is 0.572. The van der Waals surface area contributed by atoms with E-state index >= 15 is 0 Å². The zero-order chi connectivity index (χ0) is 8.97. The van der Waals surface area contributed by atoms with Gasteiger partial charge in [-0.3, -0.25) is 0 Å². The lowest BCUT2D eigenvalue weighted by Gasteiger charge is -2.13. The molecule has 1 aromatic heterocycles. The van der Waals surface area contributed by atoms with E-state index in [4.69, 9.17) is 0 Å². The monoisotopic (exact) mass is 186 g/mol. The average Bonchev–Trinajstić information content (AvgIpc) is 2.17. The molecular weight excluding hydrogens is 176 g/mol. The van der Waals surface area contributed by atoms with Crippen molar-refractivity contribution in [3.05, 3.63) is 24.3 Å². The van der Waals surface area contributed by atoms with Gasteiger partial charge in [0.05, 0.1) is 6.10 Å². The van der Waals surface area contributed by atoms with Gasteiger partial charge in [-0.1, -0.05) is 0 Å². The average molecular weight is 186 g/mol. The van der Waals surface area contributed by atoms with Crippen LogP contribution in [-0.2, 0) is 0 Å². The van der Waals surface area contributed by atoms with Crippen molar-refractivity contribution in [3.63, 3.8) is 0 Å². The van der Waals surface area contributed by atoms with Gasteiger partial charge in [0.2, 0.25) is 0 Å². The first-order valence-corrected chi connectivity index (χ1v) is 4.13. The predicted molar refractivity (Wildman–Crippen MR) is 46.9 cm³/mol. The second kappa shape index (κ2) is 4.39. The second-order valence-electron chi connectivity index (χ2n) is 2.30. The minimum atomic E-state index is -1.05.